The van der Waals surface area contributed by atoms with Crippen LogP contribution in [0, 0.1) is 58.2 Å². The van der Waals surface area contributed by atoms with Crippen molar-refractivity contribution in [1.29, 1.82) is 0 Å². The molecule has 1 saturated heterocycles. The molecule has 69 heavy (non-hydrogen) atoms. The number of hydrogen-bond donors (Lipinski definition) is 4. The Bertz CT molecular complexity index is 2360. The van der Waals surface area contributed by atoms with Crippen molar-refractivity contribution in [3.8, 4) is 0 Å². The minimum Gasteiger partial charge on any atom is -0.427 e. The number of esters is 2. The van der Waals surface area contributed by atoms with Gasteiger partial charge in [-0.15, -0.1) is 0 Å². The van der Waals surface area contributed by atoms with Crippen LogP contribution in [-0.4, -0.2) is 70.7 Å². The summed E-state index contributed by atoms with van der Waals surface area (Å²) in [5.74, 6) is 2.28. The molecule has 0 aromatic heterocycles. The van der Waals surface area contributed by atoms with Gasteiger partial charge in [0, 0.05) is 54.8 Å². The van der Waals surface area contributed by atoms with Crippen molar-refractivity contribution >= 4 is 45.3 Å². The molecule has 13 rings (SSSR count). The monoisotopic (exact) mass is 976 g/mol. The van der Waals surface area contributed by atoms with Gasteiger partial charge in [-0.2, -0.15) is 0 Å². The Balaban J connectivity index is 1.03. The van der Waals surface area contributed by atoms with Gasteiger partial charge in [0.2, 0.25) is 0 Å². The van der Waals surface area contributed by atoms with E-state index in [2.05, 4.69) is 41.1 Å². The number of nitrogens with zero attached hydrogens (tertiary/aromatic N) is 1. The molecule has 0 radical (unpaired) electrons. The van der Waals surface area contributed by atoms with Crippen molar-refractivity contribution in [2.75, 3.05) is 25.5 Å². The first-order valence-corrected chi connectivity index (χ1v) is 29.6. The van der Waals surface area contributed by atoms with Crippen LogP contribution in [0.25, 0.3) is 0 Å². The van der Waals surface area contributed by atoms with Crippen LogP contribution < -0.4 is 16.0 Å². The van der Waals surface area contributed by atoms with E-state index >= 15 is 9.59 Å². The summed E-state index contributed by atoms with van der Waals surface area (Å²) in [6.45, 7) is 3.54. The average molecular weight is 977 g/mol. The minimum atomic E-state index is -0.898. The highest BCUT2D eigenvalue weighted by molar-refractivity contribution is 8.76. The third-order valence-electron chi connectivity index (χ3n) is 19.8. The van der Waals surface area contributed by atoms with Gasteiger partial charge in [-0.3, -0.25) is 14.5 Å². The molecule has 13 aliphatic rings. The predicted molar refractivity (Wildman–Crippen MR) is 268 cm³/mol. The quantitative estimate of drug-likeness (QED) is 0.0992. The molecule has 2 amide bonds. The van der Waals surface area contributed by atoms with Gasteiger partial charge < -0.3 is 30.5 Å². The fraction of sp³-hybridized carbons (Fsp3) is 0.679. The van der Waals surface area contributed by atoms with Crippen LogP contribution in [0.5, 0.6) is 0 Å². The van der Waals surface area contributed by atoms with Crippen LogP contribution in [0.15, 0.2) is 81.2 Å². The normalized spacial score (nSPS) is 36.1. The summed E-state index contributed by atoms with van der Waals surface area (Å²) in [4.78, 5) is 58.8. The van der Waals surface area contributed by atoms with Gasteiger partial charge in [0.15, 0.2) is 0 Å². The van der Waals surface area contributed by atoms with Crippen molar-refractivity contribution in [3.63, 3.8) is 0 Å². The predicted octanol–water partition coefficient (Wildman–Crippen LogP) is 9.56. The number of aliphatic hydroxyl groups excluding tert-OH is 1. The lowest BCUT2D eigenvalue weighted by Gasteiger charge is -2.58. The highest BCUT2D eigenvalue weighted by Gasteiger charge is 2.70. The molecule has 5 fully saturated rings. The number of rotatable bonds is 9. The van der Waals surface area contributed by atoms with Crippen LogP contribution in [0.2, 0.25) is 0 Å². The van der Waals surface area contributed by atoms with Crippen molar-refractivity contribution in [3.05, 3.63) is 81.2 Å². The molecular weight excluding hydrogens is 905 g/mol. The highest BCUT2D eigenvalue weighted by Crippen LogP contribution is 2.73. The second-order valence-corrected chi connectivity index (χ2v) is 25.3. The summed E-state index contributed by atoms with van der Waals surface area (Å²) in [5, 5.41) is 22.9. The summed E-state index contributed by atoms with van der Waals surface area (Å²) < 4.78 is 13.5. The average Bonchev–Trinajstić information content (AvgIpc) is 4.16. The largest absolute Gasteiger partial charge is 0.427 e. The molecule has 9 unspecified atom stereocenters. The van der Waals surface area contributed by atoms with E-state index in [1.165, 1.54) is 74.0 Å². The fourth-order valence-corrected chi connectivity index (χ4v) is 19.1. The first kappa shape index (κ1) is 46.5. The van der Waals surface area contributed by atoms with E-state index in [-0.39, 0.29) is 70.7 Å². The molecule has 4 N–H and O–H groups in total. The number of hydrogen-bond acceptors (Lipinski definition) is 12. The van der Waals surface area contributed by atoms with Crippen molar-refractivity contribution in [2.45, 2.75) is 153 Å². The van der Waals surface area contributed by atoms with Crippen molar-refractivity contribution < 1.29 is 33.8 Å². The molecule has 4 saturated carbocycles. The fourth-order valence-electron chi connectivity index (χ4n) is 16.6. The minimum absolute atomic E-state index is 0.0372. The first-order valence-electron chi connectivity index (χ1n) is 27.2. The zero-order valence-corrected chi connectivity index (χ0v) is 42.1. The number of imide groups is 1. The van der Waals surface area contributed by atoms with Gasteiger partial charge >= 0.3 is 11.9 Å². The van der Waals surface area contributed by atoms with Gasteiger partial charge in [0.05, 0.1) is 34.2 Å². The Morgan fingerprint density at radius 3 is 2.39 bits per heavy atom. The molecule has 1 spiro atoms. The Labute approximate surface area is 416 Å². The molecule has 11 nitrogen and oxygen atoms in total. The van der Waals surface area contributed by atoms with Gasteiger partial charge in [-0.1, -0.05) is 98.8 Å². The number of nitrogens with one attached hydrogen (secondary N) is 3. The highest BCUT2D eigenvalue weighted by atomic mass is 33.1. The molecule has 370 valence electrons. The topological polar surface area (TPSA) is 146 Å². The molecule has 0 aromatic carbocycles. The van der Waals surface area contributed by atoms with Gasteiger partial charge in [-0.25, -0.2) is 9.59 Å². The maximum atomic E-state index is 15.4. The Morgan fingerprint density at radius 1 is 0.855 bits per heavy atom. The van der Waals surface area contributed by atoms with E-state index in [0.717, 1.165) is 105 Å². The number of ether oxygens (including phenoxy) is 2. The van der Waals surface area contributed by atoms with E-state index < -0.39 is 17.4 Å². The van der Waals surface area contributed by atoms with E-state index in [0.29, 0.717) is 55.0 Å². The van der Waals surface area contributed by atoms with Gasteiger partial charge in [-0.05, 0) is 140 Å². The van der Waals surface area contributed by atoms with E-state index in [1.807, 2.05) is 10.8 Å². The number of carbonyl (C=O) groups excluding carboxylic acids is 4. The number of allylic oxidation sites excluding steroid dienone is 5. The van der Waals surface area contributed by atoms with Gasteiger partial charge in [0.25, 0.3) is 11.8 Å². The molecular formula is C56H72N4O7S2. The van der Waals surface area contributed by atoms with Crippen LogP contribution in [0.3, 0.4) is 0 Å². The second kappa shape index (κ2) is 18.8. The van der Waals surface area contributed by atoms with Crippen LogP contribution in [-0.2, 0) is 28.7 Å². The lowest BCUT2D eigenvalue weighted by molar-refractivity contribution is -0.138. The van der Waals surface area contributed by atoms with Crippen LogP contribution >= 0.6 is 21.6 Å². The summed E-state index contributed by atoms with van der Waals surface area (Å²) in [6.07, 6.45) is 31.4. The van der Waals surface area contributed by atoms with E-state index in [1.54, 1.807) is 10.8 Å². The van der Waals surface area contributed by atoms with Crippen LogP contribution in [0.4, 0.5) is 0 Å². The first-order chi connectivity index (χ1) is 33.7. The number of carbonyl (C=O) groups is 4. The Hall–Kier alpha value is -3.52. The SMILES string of the molecule is CCC1(C2=C3OC(=O)C4=C3C(CC2)CC2C3CCC5(C6=CCC(C7CCCCC7)C(NCC(O)C7CCCCC7)SSCNC7=CC(=CCN7)C(CN7C(=O)C=CC7=O)C3=C5C(=O)O6)C42)CCCC1. The molecule has 9 atom stereocenters. The Kier molecular flexibility index (Phi) is 12.7. The second-order valence-electron chi connectivity index (χ2n) is 22.8. The molecule has 0 aromatic rings. The molecule has 8 aliphatic carbocycles. The number of fused-ring (bicyclic) bond motifs is 2. The smallest absolute Gasteiger partial charge is 0.340 e. The van der Waals surface area contributed by atoms with Crippen molar-refractivity contribution in [1.82, 2.24) is 20.9 Å². The van der Waals surface area contributed by atoms with E-state index in [9.17, 15) is 14.7 Å². The summed E-state index contributed by atoms with van der Waals surface area (Å²) in [7, 11) is 3.65. The third kappa shape index (κ3) is 7.81. The number of dihydropyridines is 1. The third-order valence-corrected chi connectivity index (χ3v) is 22.4. The van der Waals surface area contributed by atoms with E-state index in [4.69, 9.17) is 9.47 Å². The van der Waals surface area contributed by atoms with Crippen LogP contribution in [0.1, 0.15) is 142 Å². The molecule has 5 heterocycles. The maximum Gasteiger partial charge on any atom is 0.340 e. The number of amides is 2. The summed E-state index contributed by atoms with van der Waals surface area (Å²) in [6, 6.07) is 0. The number of aliphatic hydroxyl groups is 1. The maximum absolute atomic E-state index is 15.4. The Morgan fingerprint density at radius 2 is 1.62 bits per heavy atom. The summed E-state index contributed by atoms with van der Waals surface area (Å²) in [5.41, 5.74) is 5.11. The van der Waals surface area contributed by atoms with Crippen molar-refractivity contribution in [2.24, 2.45) is 58.2 Å². The zero-order chi connectivity index (χ0) is 47.0. The zero-order valence-electron chi connectivity index (χ0n) is 40.5. The molecule has 5 aliphatic heterocycles. The lowest BCUT2D eigenvalue weighted by Crippen LogP contribution is -2.55. The molecule has 13 heteroatoms. The lowest BCUT2D eigenvalue weighted by atomic mass is 9.42. The molecule has 7 bridgehead atoms. The summed E-state index contributed by atoms with van der Waals surface area (Å²) >= 11 is 0. The van der Waals surface area contributed by atoms with Gasteiger partial charge in [0.1, 0.15) is 11.5 Å². The standard InChI is InChI=1S/C56H72N4O7S2/c1-2-55(23-9-10-24-55)40-17-15-35-27-38-37-21-25-56(49(38)48-46(35)51(40)67-53(48)64)42-18-16-36(32-11-5-3-6-12-32)52(58-29-41(61)33-13-7-4-8-14-33)69-68-31-59-43-28-34(22-26-57-43)39(47(37)50(56)54(65)66-42)30-60-44(62)19-20-45(60)63/h18-20,22,28,32-33,35-39,41,49,52,57-59,61H,2-17,21,23-27,29-31H2,1H3.